The number of aromatic nitrogens is 1. The van der Waals surface area contributed by atoms with Crippen LogP contribution >= 0.6 is 0 Å². The van der Waals surface area contributed by atoms with E-state index in [0.717, 1.165) is 10.8 Å². The predicted octanol–water partition coefficient (Wildman–Crippen LogP) is 1.52. The number of carbonyl (C=O) groups is 1. The Morgan fingerprint density at radius 3 is 3.11 bits per heavy atom. The van der Waals surface area contributed by atoms with E-state index in [-0.39, 0.29) is 12.3 Å². The highest BCUT2D eigenvalue weighted by Crippen LogP contribution is 2.22. The van der Waals surface area contributed by atoms with Crippen LogP contribution in [0.4, 0.5) is 5.69 Å². The molecule has 1 aromatic heterocycles. The van der Waals surface area contributed by atoms with E-state index in [2.05, 4.69) is 16.2 Å². The topological polar surface area (TPSA) is 68.0 Å². The maximum Gasteiger partial charge on any atom is 0.242 e. The molecule has 0 spiro atoms. The lowest BCUT2D eigenvalue weighted by Gasteiger charge is -2.11. The van der Waals surface area contributed by atoms with Gasteiger partial charge in [-0.1, -0.05) is 12.1 Å². The van der Waals surface area contributed by atoms with E-state index in [4.69, 9.17) is 12.2 Å². The molecule has 18 heavy (non-hydrogen) atoms. The van der Waals surface area contributed by atoms with Gasteiger partial charge in [0.05, 0.1) is 11.7 Å². The van der Waals surface area contributed by atoms with Crippen LogP contribution in [0.25, 0.3) is 10.8 Å². The highest BCUT2D eigenvalue weighted by atomic mass is 16.2. The zero-order valence-electron chi connectivity index (χ0n) is 9.76. The number of nitrogens with zero attached hydrogens (tertiary/aromatic N) is 1. The number of fused-ring (bicyclic) bond motifs is 1. The Morgan fingerprint density at radius 1 is 1.50 bits per heavy atom. The molecule has 1 unspecified atom stereocenters. The summed E-state index contributed by atoms with van der Waals surface area (Å²) in [6.45, 7) is 0. The second-order valence-electron chi connectivity index (χ2n) is 3.91. The van der Waals surface area contributed by atoms with Gasteiger partial charge in [0.25, 0.3) is 0 Å². The first-order valence-corrected chi connectivity index (χ1v) is 5.55. The first-order chi connectivity index (χ1) is 8.72. The van der Waals surface area contributed by atoms with Crippen molar-refractivity contribution in [2.75, 3.05) is 5.32 Å². The average molecular weight is 239 g/mol. The number of carbonyl (C=O) groups excluding carboxylic acids is 1. The van der Waals surface area contributed by atoms with Crippen LogP contribution in [-0.4, -0.2) is 16.9 Å². The van der Waals surface area contributed by atoms with E-state index in [9.17, 15) is 4.79 Å². The van der Waals surface area contributed by atoms with Gasteiger partial charge in [0, 0.05) is 24.2 Å². The third kappa shape index (κ3) is 2.47. The average Bonchev–Trinajstić information content (AvgIpc) is 2.39. The van der Waals surface area contributed by atoms with Gasteiger partial charge in [-0.25, -0.2) is 0 Å². The minimum absolute atomic E-state index is 0.217. The molecule has 4 heteroatoms. The predicted molar refractivity (Wildman–Crippen MR) is 71.8 cm³/mol. The largest absolute Gasteiger partial charge is 0.324 e. The lowest BCUT2D eigenvalue weighted by atomic mass is 10.1. The summed E-state index contributed by atoms with van der Waals surface area (Å²) in [7, 11) is 0. The smallest absolute Gasteiger partial charge is 0.242 e. The number of terminal acetylenes is 1. The quantitative estimate of drug-likeness (QED) is 0.798. The van der Waals surface area contributed by atoms with Crippen molar-refractivity contribution < 1.29 is 4.79 Å². The van der Waals surface area contributed by atoms with Gasteiger partial charge >= 0.3 is 0 Å². The molecule has 2 rings (SSSR count). The first-order valence-electron chi connectivity index (χ1n) is 5.55. The zero-order valence-corrected chi connectivity index (χ0v) is 9.76. The summed E-state index contributed by atoms with van der Waals surface area (Å²) in [5.41, 5.74) is 6.34. The molecule has 0 aliphatic carbocycles. The fraction of sp³-hybridized carbons (Fsp3) is 0.143. The van der Waals surface area contributed by atoms with Gasteiger partial charge in [0.15, 0.2) is 0 Å². The van der Waals surface area contributed by atoms with Crippen molar-refractivity contribution in [1.29, 1.82) is 0 Å². The number of hydrogen-bond donors (Lipinski definition) is 2. The monoisotopic (exact) mass is 239 g/mol. The fourth-order valence-electron chi connectivity index (χ4n) is 1.67. The van der Waals surface area contributed by atoms with Gasteiger partial charge in [-0.05, 0) is 17.5 Å². The number of anilines is 1. The number of benzene rings is 1. The molecule has 90 valence electrons. The highest BCUT2D eigenvalue weighted by molar-refractivity contribution is 6.03. The minimum atomic E-state index is -0.693. The van der Waals surface area contributed by atoms with E-state index >= 15 is 0 Å². The van der Waals surface area contributed by atoms with Crippen LogP contribution in [0.3, 0.4) is 0 Å². The van der Waals surface area contributed by atoms with E-state index in [1.807, 2.05) is 24.3 Å². The Balaban J connectivity index is 2.27. The van der Waals surface area contributed by atoms with Crippen molar-refractivity contribution in [3.63, 3.8) is 0 Å². The number of nitrogens with two attached hydrogens (primary N) is 1. The molecule has 2 aromatic rings. The molecule has 0 aliphatic heterocycles. The van der Waals surface area contributed by atoms with Crippen molar-refractivity contribution in [3.05, 3.63) is 36.7 Å². The summed E-state index contributed by atoms with van der Waals surface area (Å²) in [5.74, 6) is 2.09. The van der Waals surface area contributed by atoms with Gasteiger partial charge < -0.3 is 11.1 Å². The normalized spacial score (nSPS) is 11.8. The van der Waals surface area contributed by atoms with Gasteiger partial charge in [-0.3, -0.25) is 9.78 Å². The summed E-state index contributed by atoms with van der Waals surface area (Å²) >= 11 is 0. The summed E-state index contributed by atoms with van der Waals surface area (Å²) in [5, 5.41) is 4.65. The Bertz CT molecular complexity index is 610. The molecular formula is C14H13N3O. The summed E-state index contributed by atoms with van der Waals surface area (Å²) < 4.78 is 0. The molecule has 1 amide bonds. The van der Waals surface area contributed by atoms with Crippen molar-refractivity contribution in [3.8, 4) is 12.3 Å². The Labute approximate surface area is 105 Å². The number of nitrogens with one attached hydrogen (secondary N) is 1. The SMILES string of the molecule is C#CCC(N)C(=O)Nc1cccc2ccncc12. The van der Waals surface area contributed by atoms with Gasteiger partial charge in [-0.2, -0.15) is 0 Å². The van der Waals surface area contributed by atoms with Crippen LogP contribution in [0.1, 0.15) is 6.42 Å². The summed E-state index contributed by atoms with van der Waals surface area (Å²) in [6.07, 6.45) is 8.76. The molecule has 1 heterocycles. The third-order valence-corrected chi connectivity index (χ3v) is 2.62. The molecule has 0 bridgehead atoms. The minimum Gasteiger partial charge on any atom is -0.324 e. The molecular weight excluding hydrogens is 226 g/mol. The van der Waals surface area contributed by atoms with E-state index in [0.29, 0.717) is 5.69 Å². The van der Waals surface area contributed by atoms with Crippen LogP contribution in [-0.2, 0) is 4.79 Å². The Hall–Kier alpha value is -2.38. The van der Waals surface area contributed by atoms with Crippen LogP contribution in [0.2, 0.25) is 0 Å². The Kier molecular flexibility index (Phi) is 3.56. The van der Waals surface area contributed by atoms with Crippen molar-refractivity contribution in [2.45, 2.75) is 12.5 Å². The maximum atomic E-state index is 11.8. The van der Waals surface area contributed by atoms with E-state index < -0.39 is 6.04 Å². The lowest BCUT2D eigenvalue weighted by Crippen LogP contribution is -2.35. The third-order valence-electron chi connectivity index (χ3n) is 2.62. The standard InChI is InChI=1S/C14H13N3O/c1-2-4-12(15)14(18)17-13-6-3-5-10-7-8-16-9-11(10)13/h1,3,5-9,12H,4,15H2,(H,17,18). The van der Waals surface area contributed by atoms with Crippen LogP contribution in [0.15, 0.2) is 36.7 Å². The molecule has 0 fully saturated rings. The lowest BCUT2D eigenvalue weighted by molar-refractivity contribution is -0.117. The molecule has 3 N–H and O–H groups in total. The second kappa shape index (κ2) is 5.30. The first kappa shape index (κ1) is 12.1. The van der Waals surface area contributed by atoms with Crippen molar-refractivity contribution in [1.82, 2.24) is 4.98 Å². The Morgan fingerprint density at radius 2 is 2.33 bits per heavy atom. The van der Waals surface area contributed by atoms with Crippen LogP contribution in [0.5, 0.6) is 0 Å². The molecule has 0 saturated carbocycles. The number of amides is 1. The van der Waals surface area contributed by atoms with Crippen LogP contribution < -0.4 is 11.1 Å². The fourth-order valence-corrected chi connectivity index (χ4v) is 1.67. The molecule has 0 radical (unpaired) electrons. The maximum absolute atomic E-state index is 11.8. The van der Waals surface area contributed by atoms with Crippen molar-refractivity contribution in [2.24, 2.45) is 5.73 Å². The van der Waals surface area contributed by atoms with E-state index in [1.54, 1.807) is 12.4 Å². The number of pyridine rings is 1. The molecule has 4 nitrogen and oxygen atoms in total. The number of rotatable bonds is 3. The highest BCUT2D eigenvalue weighted by Gasteiger charge is 2.13. The summed E-state index contributed by atoms with van der Waals surface area (Å²) in [4.78, 5) is 15.8. The zero-order chi connectivity index (χ0) is 13.0. The van der Waals surface area contributed by atoms with Gasteiger partial charge in [-0.15, -0.1) is 12.3 Å². The second-order valence-corrected chi connectivity index (χ2v) is 3.91. The van der Waals surface area contributed by atoms with Crippen molar-refractivity contribution >= 4 is 22.4 Å². The van der Waals surface area contributed by atoms with E-state index in [1.165, 1.54) is 0 Å². The molecule has 1 aromatic carbocycles. The van der Waals surface area contributed by atoms with Gasteiger partial charge in [0.2, 0.25) is 5.91 Å². The molecule has 0 saturated heterocycles. The van der Waals surface area contributed by atoms with Gasteiger partial charge in [0.1, 0.15) is 0 Å². The molecule has 0 aliphatic rings. The number of hydrogen-bond acceptors (Lipinski definition) is 3. The summed E-state index contributed by atoms with van der Waals surface area (Å²) in [6, 6.07) is 6.82. The van der Waals surface area contributed by atoms with Crippen LogP contribution in [0, 0.1) is 12.3 Å². The molecule has 1 atom stereocenters.